The third-order valence-electron chi connectivity index (χ3n) is 4.26. The van der Waals surface area contributed by atoms with Crippen molar-refractivity contribution in [3.05, 3.63) is 30.1 Å². The molecule has 3 heterocycles. The molecule has 1 aromatic heterocycles. The number of hydrogen-bond acceptors (Lipinski definition) is 4. The van der Waals surface area contributed by atoms with Crippen LogP contribution >= 0.6 is 0 Å². The summed E-state index contributed by atoms with van der Waals surface area (Å²) in [5, 5.41) is 3.18. The zero-order valence-corrected chi connectivity index (χ0v) is 12.9. The third kappa shape index (κ3) is 4.18. The molecule has 0 aliphatic carbocycles. The lowest BCUT2D eigenvalue weighted by molar-refractivity contribution is 0.0513. The average Bonchev–Trinajstić information content (AvgIpc) is 2.57. The molecule has 0 spiro atoms. The van der Waals surface area contributed by atoms with Gasteiger partial charge in [-0.2, -0.15) is 0 Å². The molecule has 120 valence electrons. The van der Waals surface area contributed by atoms with Crippen molar-refractivity contribution in [3.63, 3.8) is 0 Å². The van der Waals surface area contributed by atoms with Crippen molar-refractivity contribution in [2.45, 2.75) is 25.4 Å². The van der Waals surface area contributed by atoms with E-state index in [0.717, 1.165) is 32.5 Å². The number of carbonyl (C=O) groups is 1. The fourth-order valence-electron chi connectivity index (χ4n) is 3.10. The molecule has 1 aromatic rings. The van der Waals surface area contributed by atoms with E-state index in [2.05, 4.69) is 21.3 Å². The third-order valence-corrected chi connectivity index (χ3v) is 4.26. The van der Waals surface area contributed by atoms with Gasteiger partial charge in [-0.3, -0.25) is 9.88 Å². The van der Waals surface area contributed by atoms with E-state index in [9.17, 15) is 4.79 Å². The fraction of sp³-hybridized carbons (Fsp3) is 0.625. The maximum atomic E-state index is 12.3. The minimum absolute atomic E-state index is 0.0523. The van der Waals surface area contributed by atoms with Gasteiger partial charge in [0, 0.05) is 44.6 Å². The molecule has 2 amide bonds. The van der Waals surface area contributed by atoms with E-state index in [1.807, 2.05) is 17.2 Å². The molecule has 1 N–H and O–H groups in total. The molecule has 22 heavy (non-hydrogen) atoms. The summed E-state index contributed by atoms with van der Waals surface area (Å²) >= 11 is 0. The summed E-state index contributed by atoms with van der Waals surface area (Å²) in [5.74, 6) is 0. The molecule has 1 unspecified atom stereocenters. The molecule has 0 radical (unpaired) electrons. The van der Waals surface area contributed by atoms with Crippen LogP contribution < -0.4 is 5.32 Å². The van der Waals surface area contributed by atoms with Crippen molar-refractivity contribution >= 4 is 6.03 Å². The largest absolute Gasteiger partial charge is 0.378 e. The highest BCUT2D eigenvalue weighted by Gasteiger charge is 2.24. The lowest BCUT2D eigenvalue weighted by atomic mass is 10.1. The van der Waals surface area contributed by atoms with Crippen LogP contribution in [0.5, 0.6) is 0 Å². The molecular weight excluding hydrogens is 280 g/mol. The normalized spacial score (nSPS) is 23.3. The van der Waals surface area contributed by atoms with E-state index in [4.69, 9.17) is 4.74 Å². The first kappa shape index (κ1) is 15.2. The van der Waals surface area contributed by atoms with E-state index in [1.165, 1.54) is 5.56 Å². The summed E-state index contributed by atoms with van der Waals surface area (Å²) in [4.78, 5) is 20.7. The number of hydrogen-bond donors (Lipinski definition) is 1. The first-order valence-electron chi connectivity index (χ1n) is 8.06. The van der Waals surface area contributed by atoms with Crippen LogP contribution in [0.4, 0.5) is 4.79 Å². The second kappa shape index (κ2) is 7.56. The van der Waals surface area contributed by atoms with Gasteiger partial charge in [-0.05, 0) is 31.0 Å². The summed E-state index contributed by atoms with van der Waals surface area (Å²) in [7, 11) is 0. The van der Waals surface area contributed by atoms with Gasteiger partial charge in [0.2, 0.25) is 0 Å². The number of nitrogens with one attached hydrogen (secondary N) is 1. The van der Waals surface area contributed by atoms with Crippen LogP contribution in [0, 0.1) is 0 Å². The number of nitrogens with zero attached hydrogens (tertiary/aromatic N) is 3. The number of amides is 2. The highest BCUT2D eigenvalue weighted by molar-refractivity contribution is 5.74. The molecule has 0 bridgehead atoms. The quantitative estimate of drug-likeness (QED) is 0.908. The Bertz CT molecular complexity index is 476. The Kier molecular flexibility index (Phi) is 5.24. The number of pyridine rings is 1. The number of ether oxygens (including phenoxy) is 1. The molecule has 2 fully saturated rings. The van der Waals surface area contributed by atoms with Crippen LogP contribution in [0.25, 0.3) is 0 Å². The van der Waals surface area contributed by atoms with Crippen LogP contribution in [0.3, 0.4) is 0 Å². The number of likely N-dealkylation sites (tertiary alicyclic amines) is 1. The molecule has 3 rings (SSSR count). The lowest BCUT2D eigenvalue weighted by Crippen LogP contribution is -2.53. The van der Waals surface area contributed by atoms with Crippen molar-refractivity contribution in [2.75, 3.05) is 39.4 Å². The number of aromatic nitrogens is 1. The second-order valence-electron chi connectivity index (χ2n) is 5.98. The number of piperidine rings is 1. The van der Waals surface area contributed by atoms with E-state index in [-0.39, 0.29) is 12.1 Å². The summed E-state index contributed by atoms with van der Waals surface area (Å²) < 4.78 is 5.29. The summed E-state index contributed by atoms with van der Waals surface area (Å²) in [6, 6.07) is 4.36. The zero-order chi connectivity index (χ0) is 15.2. The zero-order valence-electron chi connectivity index (χ0n) is 12.9. The van der Waals surface area contributed by atoms with Crippen LogP contribution in [0.2, 0.25) is 0 Å². The minimum Gasteiger partial charge on any atom is -0.378 e. The van der Waals surface area contributed by atoms with Gasteiger partial charge in [0.1, 0.15) is 0 Å². The first-order valence-corrected chi connectivity index (χ1v) is 8.06. The van der Waals surface area contributed by atoms with Crippen molar-refractivity contribution in [2.24, 2.45) is 0 Å². The Hall–Kier alpha value is -1.66. The Morgan fingerprint density at radius 2 is 2.23 bits per heavy atom. The minimum atomic E-state index is 0.0523. The highest BCUT2D eigenvalue weighted by Crippen LogP contribution is 2.13. The van der Waals surface area contributed by atoms with Gasteiger partial charge in [-0.1, -0.05) is 6.07 Å². The second-order valence-corrected chi connectivity index (χ2v) is 5.98. The molecule has 1 atom stereocenters. The van der Waals surface area contributed by atoms with Gasteiger partial charge in [0.15, 0.2) is 0 Å². The highest BCUT2D eigenvalue weighted by atomic mass is 16.5. The molecule has 2 aliphatic rings. The predicted octanol–water partition coefficient (Wildman–Crippen LogP) is 1.09. The number of urea groups is 1. The van der Waals surface area contributed by atoms with Gasteiger partial charge in [0.05, 0.1) is 13.2 Å². The van der Waals surface area contributed by atoms with Gasteiger partial charge in [0.25, 0.3) is 0 Å². The Labute approximate surface area is 131 Å². The Balaban J connectivity index is 1.48. The molecule has 0 saturated carbocycles. The molecule has 2 saturated heterocycles. The fourth-order valence-corrected chi connectivity index (χ4v) is 3.10. The van der Waals surface area contributed by atoms with Gasteiger partial charge in [-0.25, -0.2) is 4.79 Å². The number of morpholine rings is 1. The molecule has 6 heteroatoms. The van der Waals surface area contributed by atoms with Crippen molar-refractivity contribution < 1.29 is 9.53 Å². The first-order chi connectivity index (χ1) is 10.8. The van der Waals surface area contributed by atoms with Crippen LogP contribution in [0.15, 0.2) is 24.5 Å². The molecular formula is C16H24N4O2. The Morgan fingerprint density at radius 3 is 3.00 bits per heavy atom. The topological polar surface area (TPSA) is 57.7 Å². The summed E-state index contributed by atoms with van der Waals surface area (Å²) in [5.41, 5.74) is 1.22. The standard InChI is InChI=1S/C16H24N4O2/c21-16(20-7-9-22-10-8-20)18-15-4-2-6-19(13-15)12-14-3-1-5-17-11-14/h1,3,5,11,15H,2,4,6-10,12-13H2,(H,18,21). The van der Waals surface area contributed by atoms with Crippen molar-refractivity contribution in [1.29, 1.82) is 0 Å². The summed E-state index contributed by atoms with van der Waals surface area (Å²) in [6.45, 7) is 5.56. The van der Waals surface area contributed by atoms with Gasteiger partial charge in [-0.15, -0.1) is 0 Å². The van der Waals surface area contributed by atoms with Crippen LogP contribution in [-0.2, 0) is 11.3 Å². The van der Waals surface area contributed by atoms with Gasteiger partial charge >= 0.3 is 6.03 Å². The average molecular weight is 304 g/mol. The van der Waals surface area contributed by atoms with Gasteiger partial charge < -0.3 is 15.0 Å². The predicted molar refractivity (Wildman–Crippen MR) is 83.5 cm³/mol. The number of rotatable bonds is 3. The maximum absolute atomic E-state index is 12.3. The molecule has 2 aliphatic heterocycles. The van der Waals surface area contributed by atoms with Crippen LogP contribution in [0.1, 0.15) is 18.4 Å². The van der Waals surface area contributed by atoms with E-state index >= 15 is 0 Å². The van der Waals surface area contributed by atoms with Crippen LogP contribution in [-0.4, -0.2) is 66.2 Å². The molecule has 0 aromatic carbocycles. The SMILES string of the molecule is O=C(NC1CCCN(Cc2cccnc2)C1)N1CCOCC1. The van der Waals surface area contributed by atoms with E-state index < -0.39 is 0 Å². The smallest absolute Gasteiger partial charge is 0.317 e. The Morgan fingerprint density at radius 1 is 1.36 bits per heavy atom. The van der Waals surface area contributed by atoms with Crippen molar-refractivity contribution in [1.82, 2.24) is 20.1 Å². The maximum Gasteiger partial charge on any atom is 0.317 e. The number of carbonyl (C=O) groups excluding carboxylic acids is 1. The summed E-state index contributed by atoms with van der Waals surface area (Å²) in [6.07, 6.45) is 5.88. The molecule has 6 nitrogen and oxygen atoms in total. The lowest BCUT2D eigenvalue weighted by Gasteiger charge is -2.35. The van der Waals surface area contributed by atoms with E-state index in [0.29, 0.717) is 26.3 Å². The van der Waals surface area contributed by atoms with E-state index in [1.54, 1.807) is 6.20 Å². The van der Waals surface area contributed by atoms with Crippen molar-refractivity contribution in [3.8, 4) is 0 Å². The monoisotopic (exact) mass is 304 g/mol.